The zero-order valence-electron chi connectivity index (χ0n) is 11.3. The van der Waals surface area contributed by atoms with Crippen LogP contribution in [0.1, 0.15) is 45.5 Å². The van der Waals surface area contributed by atoms with Gasteiger partial charge in [-0.1, -0.05) is 20.8 Å². The molecule has 0 spiro atoms. The van der Waals surface area contributed by atoms with Gasteiger partial charge in [-0.3, -0.25) is 4.68 Å². The molecule has 0 aliphatic heterocycles. The van der Waals surface area contributed by atoms with E-state index in [1.165, 1.54) is 12.1 Å². The Bertz CT molecular complexity index is 326. The fourth-order valence-electron chi connectivity index (χ4n) is 1.67. The molecule has 0 atom stereocenters. The topological polar surface area (TPSA) is 29.9 Å². The molecule has 16 heavy (non-hydrogen) atoms. The second-order valence-electron chi connectivity index (χ2n) is 5.21. The van der Waals surface area contributed by atoms with Crippen molar-refractivity contribution in [1.29, 1.82) is 0 Å². The number of aromatic nitrogens is 2. The van der Waals surface area contributed by atoms with E-state index in [1.807, 2.05) is 6.92 Å². The van der Waals surface area contributed by atoms with Gasteiger partial charge in [0.25, 0.3) is 0 Å². The van der Waals surface area contributed by atoms with Crippen molar-refractivity contribution in [3.05, 3.63) is 17.5 Å². The maximum Gasteiger partial charge on any atom is 0.0597 e. The predicted molar refractivity (Wildman–Crippen MR) is 68.4 cm³/mol. The zero-order valence-corrected chi connectivity index (χ0v) is 11.3. The predicted octanol–water partition coefficient (Wildman–Crippen LogP) is 2.74. The van der Waals surface area contributed by atoms with Crippen molar-refractivity contribution in [1.82, 2.24) is 15.1 Å². The Balaban J connectivity index is 2.48. The van der Waals surface area contributed by atoms with Gasteiger partial charge in [-0.05, 0) is 31.7 Å². The first-order chi connectivity index (χ1) is 7.48. The van der Waals surface area contributed by atoms with E-state index < -0.39 is 0 Å². The molecular weight excluding hydrogens is 198 g/mol. The minimum atomic E-state index is 0.381. The summed E-state index contributed by atoms with van der Waals surface area (Å²) in [6, 6.07) is 2.16. The summed E-state index contributed by atoms with van der Waals surface area (Å²) in [7, 11) is 0. The Morgan fingerprint density at radius 2 is 2.06 bits per heavy atom. The molecule has 0 fully saturated rings. The summed E-state index contributed by atoms with van der Waals surface area (Å²) >= 11 is 0. The summed E-state index contributed by atoms with van der Waals surface area (Å²) in [5, 5.41) is 7.96. The van der Waals surface area contributed by atoms with Gasteiger partial charge in [-0.25, -0.2) is 0 Å². The Morgan fingerprint density at radius 1 is 1.38 bits per heavy atom. The van der Waals surface area contributed by atoms with Crippen LogP contribution in [0.4, 0.5) is 0 Å². The average Bonchev–Trinajstić information content (AvgIpc) is 2.59. The van der Waals surface area contributed by atoms with Gasteiger partial charge in [0.15, 0.2) is 0 Å². The van der Waals surface area contributed by atoms with Crippen molar-refractivity contribution >= 4 is 0 Å². The standard InChI is InChI=1S/C13H25N3/c1-6-13(4,5)10-14-9-12-8-11(3)15-16(12)7-2/h8,14H,6-7,9-10H2,1-5H3. The highest BCUT2D eigenvalue weighted by Gasteiger charge is 2.14. The van der Waals surface area contributed by atoms with Crippen LogP contribution in [0.2, 0.25) is 0 Å². The highest BCUT2D eigenvalue weighted by molar-refractivity contribution is 5.08. The maximum absolute atomic E-state index is 4.44. The molecule has 0 aromatic carbocycles. The Morgan fingerprint density at radius 3 is 2.62 bits per heavy atom. The van der Waals surface area contributed by atoms with Crippen molar-refractivity contribution in [2.75, 3.05) is 6.54 Å². The van der Waals surface area contributed by atoms with E-state index >= 15 is 0 Å². The monoisotopic (exact) mass is 223 g/mol. The minimum Gasteiger partial charge on any atom is -0.311 e. The van der Waals surface area contributed by atoms with Gasteiger partial charge in [-0.2, -0.15) is 5.10 Å². The van der Waals surface area contributed by atoms with Gasteiger partial charge in [0.1, 0.15) is 0 Å². The SMILES string of the molecule is CCn1nc(C)cc1CNCC(C)(C)CC. The van der Waals surface area contributed by atoms with Crippen LogP contribution in [0.5, 0.6) is 0 Å². The van der Waals surface area contributed by atoms with Gasteiger partial charge in [-0.15, -0.1) is 0 Å². The molecule has 0 aliphatic carbocycles. The second-order valence-corrected chi connectivity index (χ2v) is 5.21. The average molecular weight is 223 g/mol. The number of aryl methyl sites for hydroxylation is 2. The molecule has 0 radical (unpaired) electrons. The lowest BCUT2D eigenvalue weighted by Crippen LogP contribution is -2.29. The summed E-state index contributed by atoms with van der Waals surface area (Å²) in [4.78, 5) is 0. The number of hydrogen-bond donors (Lipinski definition) is 1. The van der Waals surface area contributed by atoms with E-state index in [-0.39, 0.29) is 0 Å². The molecule has 1 heterocycles. The normalized spacial score (nSPS) is 12.1. The van der Waals surface area contributed by atoms with Crippen LogP contribution in [0, 0.1) is 12.3 Å². The molecule has 3 nitrogen and oxygen atoms in total. The minimum absolute atomic E-state index is 0.381. The first-order valence-corrected chi connectivity index (χ1v) is 6.22. The number of rotatable bonds is 6. The van der Waals surface area contributed by atoms with Gasteiger partial charge in [0.05, 0.1) is 11.4 Å². The number of hydrogen-bond acceptors (Lipinski definition) is 2. The van der Waals surface area contributed by atoms with Crippen molar-refractivity contribution in [2.24, 2.45) is 5.41 Å². The van der Waals surface area contributed by atoms with E-state index in [0.29, 0.717) is 5.41 Å². The molecule has 1 N–H and O–H groups in total. The van der Waals surface area contributed by atoms with Crippen molar-refractivity contribution in [3.8, 4) is 0 Å². The third kappa shape index (κ3) is 3.63. The quantitative estimate of drug-likeness (QED) is 0.803. The van der Waals surface area contributed by atoms with Crippen LogP contribution < -0.4 is 5.32 Å². The van der Waals surface area contributed by atoms with Gasteiger partial charge >= 0.3 is 0 Å². The van der Waals surface area contributed by atoms with E-state index in [0.717, 1.165) is 25.3 Å². The number of nitrogens with zero attached hydrogens (tertiary/aromatic N) is 2. The lowest BCUT2D eigenvalue weighted by Gasteiger charge is -2.23. The highest BCUT2D eigenvalue weighted by atomic mass is 15.3. The first kappa shape index (κ1) is 13.2. The molecule has 3 heteroatoms. The Kier molecular flexibility index (Phi) is 4.54. The van der Waals surface area contributed by atoms with E-state index in [4.69, 9.17) is 0 Å². The van der Waals surface area contributed by atoms with Crippen LogP contribution in [0.15, 0.2) is 6.07 Å². The molecule has 0 saturated carbocycles. The van der Waals surface area contributed by atoms with Crippen molar-refractivity contribution in [2.45, 2.75) is 54.1 Å². The lowest BCUT2D eigenvalue weighted by atomic mass is 9.90. The lowest BCUT2D eigenvalue weighted by molar-refractivity contribution is 0.325. The van der Waals surface area contributed by atoms with Gasteiger partial charge in [0, 0.05) is 19.6 Å². The molecule has 0 aliphatic rings. The fraction of sp³-hybridized carbons (Fsp3) is 0.769. The van der Waals surface area contributed by atoms with Gasteiger partial charge in [0.2, 0.25) is 0 Å². The van der Waals surface area contributed by atoms with E-state index in [1.54, 1.807) is 0 Å². The smallest absolute Gasteiger partial charge is 0.0597 e. The van der Waals surface area contributed by atoms with Crippen LogP contribution >= 0.6 is 0 Å². The first-order valence-electron chi connectivity index (χ1n) is 6.22. The summed E-state index contributed by atoms with van der Waals surface area (Å²) < 4.78 is 2.07. The van der Waals surface area contributed by atoms with E-state index in [2.05, 4.69) is 48.9 Å². The summed E-state index contributed by atoms with van der Waals surface area (Å²) in [5.41, 5.74) is 2.77. The molecule has 0 bridgehead atoms. The third-order valence-corrected chi connectivity index (χ3v) is 3.15. The summed E-state index contributed by atoms with van der Waals surface area (Å²) in [5.74, 6) is 0. The maximum atomic E-state index is 4.44. The van der Waals surface area contributed by atoms with E-state index in [9.17, 15) is 0 Å². The van der Waals surface area contributed by atoms with Crippen molar-refractivity contribution < 1.29 is 0 Å². The molecular formula is C13H25N3. The molecule has 0 amide bonds. The fourth-order valence-corrected chi connectivity index (χ4v) is 1.67. The second kappa shape index (κ2) is 5.48. The largest absolute Gasteiger partial charge is 0.311 e. The molecule has 1 aromatic heterocycles. The van der Waals surface area contributed by atoms with Crippen LogP contribution in [0.25, 0.3) is 0 Å². The molecule has 0 unspecified atom stereocenters. The molecule has 92 valence electrons. The van der Waals surface area contributed by atoms with Crippen LogP contribution in [-0.4, -0.2) is 16.3 Å². The van der Waals surface area contributed by atoms with Crippen LogP contribution in [-0.2, 0) is 13.1 Å². The summed E-state index contributed by atoms with van der Waals surface area (Å²) in [6.45, 7) is 13.9. The highest BCUT2D eigenvalue weighted by Crippen LogP contribution is 2.17. The Hall–Kier alpha value is -0.830. The zero-order chi connectivity index (χ0) is 12.2. The van der Waals surface area contributed by atoms with Crippen molar-refractivity contribution in [3.63, 3.8) is 0 Å². The van der Waals surface area contributed by atoms with Crippen LogP contribution in [0.3, 0.4) is 0 Å². The molecule has 0 saturated heterocycles. The van der Waals surface area contributed by atoms with Gasteiger partial charge < -0.3 is 5.32 Å². The third-order valence-electron chi connectivity index (χ3n) is 3.15. The number of nitrogens with one attached hydrogen (secondary N) is 1. The molecule has 1 rings (SSSR count). The Labute approximate surface area is 99.2 Å². The molecule has 1 aromatic rings. The summed E-state index contributed by atoms with van der Waals surface area (Å²) in [6.07, 6.45) is 1.20.